The number of carboxylic acids is 1. The molecule has 0 bridgehead atoms. The molecule has 0 spiro atoms. The molecule has 1 heterocycles. The van der Waals surface area contributed by atoms with Crippen molar-refractivity contribution in [2.24, 2.45) is 0 Å². The lowest BCUT2D eigenvalue weighted by atomic mass is 10.1. The molecule has 0 saturated heterocycles. The summed E-state index contributed by atoms with van der Waals surface area (Å²) < 4.78 is 0. The van der Waals surface area contributed by atoms with Gasteiger partial charge in [0.05, 0.1) is 5.69 Å². The normalized spacial score (nSPS) is 9.75. The summed E-state index contributed by atoms with van der Waals surface area (Å²) in [6.45, 7) is 1.84. The van der Waals surface area contributed by atoms with Crippen LogP contribution in [0.3, 0.4) is 0 Å². The summed E-state index contributed by atoms with van der Waals surface area (Å²) in [7, 11) is 0. The molecule has 1 rings (SSSR count). The van der Waals surface area contributed by atoms with Crippen molar-refractivity contribution < 1.29 is 9.90 Å². The van der Waals surface area contributed by atoms with Gasteiger partial charge in [-0.05, 0) is 12.5 Å². The molecule has 0 aliphatic carbocycles. The predicted octanol–water partition coefficient (Wildman–Crippen LogP) is 0.924. The van der Waals surface area contributed by atoms with Gasteiger partial charge >= 0.3 is 5.97 Å². The highest BCUT2D eigenvalue weighted by atomic mass is 16.4. The van der Waals surface area contributed by atoms with Crippen molar-refractivity contribution in [3.8, 4) is 0 Å². The minimum absolute atomic E-state index is 0.125. The van der Waals surface area contributed by atoms with Gasteiger partial charge in [-0.25, -0.2) is 4.79 Å². The fourth-order valence-corrected chi connectivity index (χ4v) is 1.04. The quantitative estimate of drug-likeness (QED) is 0.685. The van der Waals surface area contributed by atoms with Gasteiger partial charge in [-0.15, -0.1) is 0 Å². The van der Waals surface area contributed by atoms with Crippen LogP contribution in [0.4, 0.5) is 5.69 Å². The smallest absolute Gasteiger partial charge is 0.339 e. The summed E-state index contributed by atoms with van der Waals surface area (Å²) in [6, 6.07) is 1.49. The average Bonchev–Trinajstić information content (AvgIpc) is 2.03. The number of aryl methyl sites for hydroxylation is 1. The second-order valence-electron chi connectivity index (χ2n) is 2.38. The number of rotatable bonds is 2. The number of carboxylic acid groups (broad SMARTS) is 1. The molecule has 0 aromatic carbocycles. The summed E-state index contributed by atoms with van der Waals surface area (Å²) in [5.74, 6) is -1.02. The molecule has 1 aromatic heterocycles. The fraction of sp³-hybridized carbons (Fsp3) is 0.250. The Balaban J connectivity index is 3.29. The Morgan fingerprint density at radius 3 is 2.83 bits per heavy atom. The van der Waals surface area contributed by atoms with Gasteiger partial charge in [0.25, 0.3) is 0 Å². The first-order valence-corrected chi connectivity index (χ1v) is 3.63. The maximum atomic E-state index is 10.7. The van der Waals surface area contributed by atoms with Crippen LogP contribution in [-0.4, -0.2) is 16.1 Å². The molecule has 3 N–H and O–H groups in total. The first kappa shape index (κ1) is 8.52. The Labute approximate surface area is 70.0 Å². The molecule has 0 aliphatic rings. The fourth-order valence-electron chi connectivity index (χ4n) is 1.04. The van der Waals surface area contributed by atoms with Crippen molar-refractivity contribution in [1.82, 2.24) is 4.98 Å². The van der Waals surface area contributed by atoms with Crippen LogP contribution in [0.25, 0.3) is 0 Å². The molecule has 64 valence electrons. The summed E-state index contributed by atoms with van der Waals surface area (Å²) in [6.07, 6.45) is 2.09. The van der Waals surface area contributed by atoms with Crippen LogP contribution in [-0.2, 0) is 6.42 Å². The van der Waals surface area contributed by atoms with Gasteiger partial charge < -0.3 is 10.8 Å². The van der Waals surface area contributed by atoms with Crippen LogP contribution >= 0.6 is 0 Å². The summed E-state index contributed by atoms with van der Waals surface area (Å²) >= 11 is 0. The molecule has 0 fully saturated rings. The molecule has 0 saturated carbocycles. The number of nitrogens with two attached hydrogens (primary N) is 1. The highest BCUT2D eigenvalue weighted by Crippen LogP contribution is 2.14. The van der Waals surface area contributed by atoms with Crippen molar-refractivity contribution in [3.63, 3.8) is 0 Å². The topological polar surface area (TPSA) is 76.2 Å². The van der Waals surface area contributed by atoms with E-state index in [0.717, 1.165) is 0 Å². The lowest BCUT2D eigenvalue weighted by molar-refractivity contribution is 0.0696. The maximum absolute atomic E-state index is 10.7. The zero-order valence-electron chi connectivity index (χ0n) is 6.74. The molecule has 0 aliphatic heterocycles. The summed E-state index contributed by atoms with van der Waals surface area (Å²) in [5, 5.41) is 8.76. The monoisotopic (exact) mass is 166 g/mol. The van der Waals surface area contributed by atoms with E-state index in [0.29, 0.717) is 12.1 Å². The van der Waals surface area contributed by atoms with E-state index < -0.39 is 5.97 Å². The van der Waals surface area contributed by atoms with Gasteiger partial charge in [-0.1, -0.05) is 6.92 Å². The maximum Gasteiger partial charge on any atom is 0.339 e. The van der Waals surface area contributed by atoms with E-state index in [9.17, 15) is 4.79 Å². The van der Waals surface area contributed by atoms with Crippen LogP contribution in [0, 0.1) is 0 Å². The third-order valence-electron chi connectivity index (χ3n) is 1.61. The van der Waals surface area contributed by atoms with Crippen LogP contribution in [0.15, 0.2) is 12.3 Å². The number of pyridine rings is 1. The predicted molar refractivity (Wildman–Crippen MR) is 45.0 cm³/mol. The van der Waals surface area contributed by atoms with Gasteiger partial charge in [-0.3, -0.25) is 4.98 Å². The lowest BCUT2D eigenvalue weighted by Gasteiger charge is -2.04. The Kier molecular flexibility index (Phi) is 2.28. The first-order chi connectivity index (χ1) is 5.66. The number of carbonyl (C=O) groups is 1. The Morgan fingerprint density at radius 1 is 1.75 bits per heavy atom. The minimum atomic E-state index is -1.02. The molecular weight excluding hydrogens is 156 g/mol. The number of aromatic carboxylic acids is 1. The summed E-state index contributed by atoms with van der Waals surface area (Å²) in [4.78, 5) is 14.6. The van der Waals surface area contributed by atoms with E-state index in [1.165, 1.54) is 12.3 Å². The highest BCUT2D eigenvalue weighted by molar-refractivity contribution is 5.94. The van der Waals surface area contributed by atoms with Crippen LogP contribution in [0.5, 0.6) is 0 Å². The van der Waals surface area contributed by atoms with E-state index in [2.05, 4.69) is 4.98 Å². The number of hydrogen-bond acceptors (Lipinski definition) is 3. The molecule has 0 radical (unpaired) electrons. The number of nitrogen functional groups attached to an aromatic ring is 1. The third kappa shape index (κ3) is 1.37. The van der Waals surface area contributed by atoms with E-state index in [-0.39, 0.29) is 11.3 Å². The second-order valence-corrected chi connectivity index (χ2v) is 2.38. The molecule has 0 atom stereocenters. The van der Waals surface area contributed by atoms with E-state index >= 15 is 0 Å². The van der Waals surface area contributed by atoms with Gasteiger partial charge in [0.15, 0.2) is 0 Å². The average molecular weight is 166 g/mol. The van der Waals surface area contributed by atoms with Crippen molar-refractivity contribution in [1.29, 1.82) is 0 Å². The molecule has 0 amide bonds. The Hall–Kier alpha value is -1.58. The Morgan fingerprint density at radius 2 is 2.42 bits per heavy atom. The molecule has 0 unspecified atom stereocenters. The highest BCUT2D eigenvalue weighted by Gasteiger charge is 2.12. The third-order valence-corrected chi connectivity index (χ3v) is 1.61. The zero-order chi connectivity index (χ0) is 9.14. The second kappa shape index (κ2) is 3.21. The van der Waals surface area contributed by atoms with Crippen LogP contribution in [0.1, 0.15) is 23.0 Å². The number of hydrogen-bond donors (Lipinski definition) is 2. The minimum Gasteiger partial charge on any atom is -0.478 e. The lowest BCUT2D eigenvalue weighted by Crippen LogP contribution is -2.08. The Bertz CT molecular complexity index is 310. The molecule has 4 heteroatoms. The molecular formula is C8H10N2O2. The van der Waals surface area contributed by atoms with Gasteiger partial charge in [0.1, 0.15) is 5.56 Å². The van der Waals surface area contributed by atoms with Crippen molar-refractivity contribution >= 4 is 11.7 Å². The van der Waals surface area contributed by atoms with Crippen LogP contribution in [0.2, 0.25) is 0 Å². The van der Waals surface area contributed by atoms with E-state index in [1.54, 1.807) is 0 Å². The van der Waals surface area contributed by atoms with Crippen molar-refractivity contribution in [2.75, 3.05) is 5.73 Å². The zero-order valence-corrected chi connectivity index (χ0v) is 6.74. The molecule has 12 heavy (non-hydrogen) atoms. The summed E-state index contributed by atoms with van der Waals surface area (Å²) in [5.41, 5.74) is 6.40. The van der Waals surface area contributed by atoms with Gasteiger partial charge in [0.2, 0.25) is 0 Å². The van der Waals surface area contributed by atoms with Crippen LogP contribution < -0.4 is 5.73 Å². The number of nitrogens with zero attached hydrogens (tertiary/aromatic N) is 1. The van der Waals surface area contributed by atoms with Gasteiger partial charge in [-0.2, -0.15) is 0 Å². The first-order valence-electron chi connectivity index (χ1n) is 3.63. The number of aromatic nitrogens is 1. The standard InChI is InChI=1S/C8H10N2O2/c1-2-6-7(8(11)12)5(9)3-4-10-6/h3-4H,2H2,1H3,(H2,9,10)(H,11,12). The van der Waals surface area contributed by atoms with Crippen molar-refractivity contribution in [2.45, 2.75) is 13.3 Å². The van der Waals surface area contributed by atoms with Gasteiger partial charge in [0, 0.05) is 11.9 Å². The SMILES string of the molecule is CCc1nccc(N)c1C(=O)O. The van der Waals surface area contributed by atoms with E-state index in [1.807, 2.05) is 6.92 Å². The molecule has 4 nitrogen and oxygen atoms in total. The largest absolute Gasteiger partial charge is 0.478 e. The van der Waals surface area contributed by atoms with Crippen molar-refractivity contribution in [3.05, 3.63) is 23.5 Å². The number of anilines is 1. The van der Waals surface area contributed by atoms with E-state index in [4.69, 9.17) is 10.8 Å². The molecule has 1 aromatic rings.